The van der Waals surface area contributed by atoms with Crippen molar-refractivity contribution in [3.05, 3.63) is 83.2 Å². The van der Waals surface area contributed by atoms with Crippen LogP contribution >= 0.6 is 0 Å². The Morgan fingerprint density at radius 2 is 1.79 bits per heavy atom. The number of ether oxygens (including phenoxy) is 1. The standard InChI is InChI=1S/C23H26N4O2/c1-16-15-20(22(28)24-14-13-19-11-7-8-12-21(19)29-3)27-23(25-16)26-17(2)18-9-5-4-6-10-18/h4-12,15,17H,13-14H2,1-3H3,(H,24,28)(H,25,26,27). The van der Waals surface area contributed by atoms with Gasteiger partial charge in [-0.05, 0) is 43.5 Å². The summed E-state index contributed by atoms with van der Waals surface area (Å²) in [6, 6.07) is 19.6. The molecule has 3 rings (SSSR count). The van der Waals surface area contributed by atoms with Crippen LogP contribution in [0.25, 0.3) is 0 Å². The van der Waals surface area contributed by atoms with Crippen molar-refractivity contribution >= 4 is 11.9 Å². The Kier molecular flexibility index (Phi) is 6.79. The number of hydrogen-bond donors (Lipinski definition) is 2. The van der Waals surface area contributed by atoms with Crippen molar-refractivity contribution in [2.45, 2.75) is 26.3 Å². The van der Waals surface area contributed by atoms with Crippen LogP contribution in [-0.2, 0) is 6.42 Å². The van der Waals surface area contributed by atoms with Gasteiger partial charge in [0.1, 0.15) is 11.4 Å². The summed E-state index contributed by atoms with van der Waals surface area (Å²) in [5.74, 6) is 1.04. The molecule has 150 valence electrons. The van der Waals surface area contributed by atoms with Gasteiger partial charge < -0.3 is 15.4 Å². The molecule has 1 amide bonds. The highest BCUT2D eigenvalue weighted by Gasteiger charge is 2.13. The quantitative estimate of drug-likeness (QED) is 0.609. The van der Waals surface area contributed by atoms with Gasteiger partial charge in [0.25, 0.3) is 5.91 Å². The fourth-order valence-electron chi connectivity index (χ4n) is 3.08. The molecule has 0 aliphatic carbocycles. The largest absolute Gasteiger partial charge is 0.496 e. The van der Waals surface area contributed by atoms with Gasteiger partial charge in [-0.1, -0.05) is 48.5 Å². The van der Waals surface area contributed by atoms with Crippen LogP contribution in [0.4, 0.5) is 5.95 Å². The number of carbonyl (C=O) groups is 1. The van der Waals surface area contributed by atoms with Crippen molar-refractivity contribution in [1.82, 2.24) is 15.3 Å². The van der Waals surface area contributed by atoms with Crippen LogP contribution in [-0.4, -0.2) is 29.5 Å². The van der Waals surface area contributed by atoms with E-state index in [4.69, 9.17) is 4.74 Å². The third-order valence-electron chi connectivity index (χ3n) is 4.60. The molecule has 1 aromatic heterocycles. The molecule has 0 aliphatic heterocycles. The Hall–Kier alpha value is -3.41. The Morgan fingerprint density at radius 1 is 1.07 bits per heavy atom. The first kappa shape index (κ1) is 20.3. The molecule has 0 bridgehead atoms. The molecule has 2 N–H and O–H groups in total. The lowest BCUT2D eigenvalue weighted by atomic mass is 10.1. The topological polar surface area (TPSA) is 76.1 Å². The molecule has 3 aromatic rings. The lowest BCUT2D eigenvalue weighted by Crippen LogP contribution is -2.27. The molecular weight excluding hydrogens is 364 g/mol. The minimum atomic E-state index is -0.221. The van der Waals surface area contributed by atoms with Crippen molar-refractivity contribution in [3.8, 4) is 5.75 Å². The van der Waals surface area contributed by atoms with Gasteiger partial charge in [0.05, 0.1) is 13.2 Å². The average molecular weight is 390 g/mol. The van der Waals surface area contributed by atoms with E-state index < -0.39 is 0 Å². The van der Waals surface area contributed by atoms with E-state index in [0.29, 0.717) is 24.6 Å². The molecule has 1 unspecified atom stereocenters. The molecule has 29 heavy (non-hydrogen) atoms. The van der Waals surface area contributed by atoms with Crippen molar-refractivity contribution in [1.29, 1.82) is 0 Å². The third kappa shape index (κ3) is 5.54. The van der Waals surface area contributed by atoms with Gasteiger partial charge in [-0.2, -0.15) is 0 Å². The maximum absolute atomic E-state index is 12.6. The van der Waals surface area contributed by atoms with Gasteiger partial charge >= 0.3 is 0 Å². The minimum Gasteiger partial charge on any atom is -0.496 e. The molecule has 0 radical (unpaired) electrons. The van der Waals surface area contributed by atoms with Gasteiger partial charge in [-0.3, -0.25) is 4.79 Å². The molecule has 1 atom stereocenters. The fraction of sp³-hybridized carbons (Fsp3) is 0.261. The van der Waals surface area contributed by atoms with Crippen LogP contribution in [0, 0.1) is 6.92 Å². The van der Waals surface area contributed by atoms with Crippen molar-refractivity contribution in [2.75, 3.05) is 19.0 Å². The highest BCUT2D eigenvalue weighted by atomic mass is 16.5. The van der Waals surface area contributed by atoms with Crippen molar-refractivity contribution in [3.63, 3.8) is 0 Å². The van der Waals surface area contributed by atoms with E-state index in [1.54, 1.807) is 13.2 Å². The number of benzene rings is 2. The van der Waals surface area contributed by atoms with Crippen LogP contribution in [0.2, 0.25) is 0 Å². The summed E-state index contributed by atoms with van der Waals surface area (Å²) in [6.45, 7) is 4.38. The number of methoxy groups -OCH3 is 1. The van der Waals surface area contributed by atoms with E-state index in [2.05, 4.69) is 20.6 Å². The Labute approximate surface area is 171 Å². The van der Waals surface area contributed by atoms with Crippen molar-refractivity contribution in [2.24, 2.45) is 0 Å². The zero-order valence-electron chi connectivity index (χ0n) is 17.0. The number of nitrogens with zero attached hydrogens (tertiary/aromatic N) is 2. The molecule has 0 spiro atoms. The summed E-state index contributed by atoms with van der Waals surface area (Å²) in [5.41, 5.74) is 3.26. The zero-order valence-corrected chi connectivity index (χ0v) is 17.0. The average Bonchev–Trinajstić information content (AvgIpc) is 2.74. The second kappa shape index (κ2) is 9.68. The highest BCUT2D eigenvalue weighted by Crippen LogP contribution is 2.18. The summed E-state index contributed by atoms with van der Waals surface area (Å²) in [7, 11) is 1.64. The number of anilines is 1. The first-order valence-electron chi connectivity index (χ1n) is 9.64. The normalized spacial score (nSPS) is 11.6. The number of hydrogen-bond acceptors (Lipinski definition) is 5. The summed E-state index contributed by atoms with van der Waals surface area (Å²) in [5, 5.41) is 6.20. The zero-order chi connectivity index (χ0) is 20.6. The summed E-state index contributed by atoms with van der Waals surface area (Å²) in [4.78, 5) is 21.4. The first-order chi connectivity index (χ1) is 14.1. The maximum atomic E-state index is 12.6. The Bertz CT molecular complexity index is 960. The Morgan fingerprint density at radius 3 is 2.55 bits per heavy atom. The van der Waals surface area contributed by atoms with E-state index in [0.717, 1.165) is 22.6 Å². The molecular formula is C23H26N4O2. The van der Waals surface area contributed by atoms with Crippen molar-refractivity contribution < 1.29 is 9.53 Å². The first-order valence-corrected chi connectivity index (χ1v) is 9.64. The minimum absolute atomic E-state index is 0.0273. The predicted molar refractivity (Wildman–Crippen MR) is 114 cm³/mol. The maximum Gasteiger partial charge on any atom is 0.270 e. The second-order valence-electron chi connectivity index (χ2n) is 6.81. The van der Waals surface area contributed by atoms with Gasteiger partial charge in [-0.15, -0.1) is 0 Å². The fourth-order valence-corrected chi connectivity index (χ4v) is 3.08. The monoisotopic (exact) mass is 390 g/mol. The highest BCUT2D eigenvalue weighted by molar-refractivity contribution is 5.92. The number of carbonyl (C=O) groups excluding carboxylic acids is 1. The van der Waals surface area contributed by atoms with Crippen LogP contribution in [0.3, 0.4) is 0 Å². The SMILES string of the molecule is COc1ccccc1CCNC(=O)c1cc(C)nc(NC(C)c2ccccc2)n1. The van der Waals surface area contributed by atoms with Gasteiger partial charge in [0.15, 0.2) is 0 Å². The van der Waals surface area contributed by atoms with Gasteiger partial charge in [0, 0.05) is 12.2 Å². The lowest BCUT2D eigenvalue weighted by Gasteiger charge is -2.15. The van der Waals surface area contributed by atoms with E-state index in [-0.39, 0.29) is 11.9 Å². The van der Waals surface area contributed by atoms with Crippen LogP contribution in [0.1, 0.15) is 40.3 Å². The van der Waals surface area contributed by atoms with Crippen LogP contribution in [0.15, 0.2) is 60.7 Å². The summed E-state index contributed by atoms with van der Waals surface area (Å²) < 4.78 is 5.35. The van der Waals surface area contributed by atoms with Gasteiger partial charge in [0.2, 0.25) is 5.95 Å². The molecule has 0 saturated heterocycles. The Balaban J connectivity index is 1.63. The number of aryl methyl sites for hydroxylation is 1. The molecule has 6 heteroatoms. The number of nitrogens with one attached hydrogen (secondary N) is 2. The van der Waals surface area contributed by atoms with E-state index in [1.807, 2.05) is 68.4 Å². The molecule has 2 aromatic carbocycles. The van der Waals surface area contributed by atoms with Gasteiger partial charge in [-0.25, -0.2) is 9.97 Å². The van der Waals surface area contributed by atoms with E-state index >= 15 is 0 Å². The molecule has 0 saturated carbocycles. The molecule has 0 aliphatic rings. The molecule has 0 fully saturated rings. The number of amides is 1. The van der Waals surface area contributed by atoms with E-state index in [1.165, 1.54) is 0 Å². The van der Waals surface area contributed by atoms with E-state index in [9.17, 15) is 4.79 Å². The lowest BCUT2D eigenvalue weighted by molar-refractivity contribution is 0.0949. The molecule has 1 heterocycles. The van der Waals surface area contributed by atoms with Crippen LogP contribution < -0.4 is 15.4 Å². The predicted octanol–water partition coefficient (Wildman–Crippen LogP) is 3.94. The smallest absolute Gasteiger partial charge is 0.270 e. The number of aromatic nitrogens is 2. The third-order valence-corrected chi connectivity index (χ3v) is 4.60. The molecule has 6 nitrogen and oxygen atoms in total. The second-order valence-corrected chi connectivity index (χ2v) is 6.81. The number of para-hydroxylation sites is 1. The van der Waals surface area contributed by atoms with Crippen LogP contribution in [0.5, 0.6) is 5.75 Å². The summed E-state index contributed by atoms with van der Waals surface area (Å²) in [6.07, 6.45) is 0.677. The number of rotatable bonds is 8. The summed E-state index contributed by atoms with van der Waals surface area (Å²) >= 11 is 0.